The molecule has 0 aliphatic heterocycles. The topological polar surface area (TPSA) is 98.8 Å². The van der Waals surface area contributed by atoms with Crippen LogP contribution >= 0.6 is 0 Å². The van der Waals surface area contributed by atoms with Gasteiger partial charge in [-0.15, -0.1) is 0 Å². The lowest BCUT2D eigenvalue weighted by Crippen LogP contribution is -2.07. The van der Waals surface area contributed by atoms with Gasteiger partial charge >= 0.3 is 0 Å². The Labute approximate surface area is 107 Å². The maximum Gasteiger partial charge on any atom is 0.258 e. The van der Waals surface area contributed by atoms with Crippen LogP contribution in [-0.4, -0.2) is 19.7 Å². The second kappa shape index (κ2) is 4.13. The van der Waals surface area contributed by atoms with Crippen molar-refractivity contribution in [2.45, 2.75) is 0 Å². The maximum atomic E-state index is 11.6. The summed E-state index contributed by atoms with van der Waals surface area (Å²) in [5, 5.41) is 4.43. The van der Waals surface area contributed by atoms with E-state index in [0.29, 0.717) is 28.1 Å². The average Bonchev–Trinajstić information content (AvgIpc) is 2.77. The zero-order chi connectivity index (χ0) is 13.4. The lowest BCUT2D eigenvalue weighted by molar-refractivity contribution is 0.485. The second-order valence-electron chi connectivity index (χ2n) is 4.09. The van der Waals surface area contributed by atoms with Crippen LogP contribution in [0.5, 0.6) is 11.5 Å². The van der Waals surface area contributed by atoms with Crippen LogP contribution < -0.4 is 16.0 Å². The van der Waals surface area contributed by atoms with Crippen molar-refractivity contribution >= 4 is 16.6 Å². The standard InChI is InChI=1S/C12H11N5O2/c1-17-5-7(4-16-17)19-11-3-10-8(2-9(11)13)12(18)15-6-14-10/h2-6H,13H2,1H3,(H,14,15,18). The summed E-state index contributed by atoms with van der Waals surface area (Å²) >= 11 is 0. The van der Waals surface area contributed by atoms with Crippen LogP contribution in [0, 0.1) is 0 Å². The third-order valence-corrected chi connectivity index (χ3v) is 2.68. The van der Waals surface area contributed by atoms with E-state index in [9.17, 15) is 4.79 Å². The van der Waals surface area contributed by atoms with E-state index in [0.717, 1.165) is 0 Å². The Morgan fingerprint density at radius 2 is 2.26 bits per heavy atom. The molecule has 0 atom stereocenters. The normalized spacial score (nSPS) is 10.8. The quantitative estimate of drug-likeness (QED) is 0.668. The third-order valence-electron chi connectivity index (χ3n) is 2.68. The summed E-state index contributed by atoms with van der Waals surface area (Å²) < 4.78 is 7.24. The predicted molar refractivity (Wildman–Crippen MR) is 70.1 cm³/mol. The van der Waals surface area contributed by atoms with Gasteiger partial charge < -0.3 is 15.5 Å². The molecule has 0 unspecified atom stereocenters. The number of nitrogen functional groups attached to an aromatic ring is 1. The summed E-state index contributed by atoms with van der Waals surface area (Å²) in [6.07, 6.45) is 4.64. The first-order valence-electron chi connectivity index (χ1n) is 5.57. The van der Waals surface area contributed by atoms with Crippen LogP contribution in [0.25, 0.3) is 10.9 Å². The van der Waals surface area contributed by atoms with Crippen molar-refractivity contribution in [1.29, 1.82) is 0 Å². The predicted octanol–water partition coefficient (Wildman–Crippen LogP) is 1.03. The van der Waals surface area contributed by atoms with Gasteiger partial charge in [0.25, 0.3) is 5.56 Å². The molecule has 0 saturated carbocycles. The van der Waals surface area contributed by atoms with Crippen molar-refractivity contribution in [3.8, 4) is 11.5 Å². The first-order valence-corrected chi connectivity index (χ1v) is 5.57. The van der Waals surface area contributed by atoms with Crippen LogP contribution in [0.15, 0.2) is 35.6 Å². The first-order chi connectivity index (χ1) is 9.13. The molecule has 19 heavy (non-hydrogen) atoms. The zero-order valence-corrected chi connectivity index (χ0v) is 10.1. The Bertz CT molecular complexity index is 805. The van der Waals surface area contributed by atoms with Gasteiger partial charge in [0.1, 0.15) is 0 Å². The molecular weight excluding hydrogens is 246 g/mol. The minimum atomic E-state index is -0.232. The Kier molecular flexibility index (Phi) is 2.45. The molecular formula is C12H11N5O2. The number of fused-ring (bicyclic) bond motifs is 1. The van der Waals surface area contributed by atoms with Gasteiger partial charge in [-0.05, 0) is 6.07 Å². The number of rotatable bonds is 2. The number of nitrogens with zero attached hydrogens (tertiary/aromatic N) is 3. The number of ether oxygens (including phenoxy) is 1. The Hall–Kier alpha value is -2.83. The monoisotopic (exact) mass is 257 g/mol. The fourth-order valence-corrected chi connectivity index (χ4v) is 1.78. The Morgan fingerprint density at radius 1 is 1.42 bits per heavy atom. The van der Waals surface area contributed by atoms with Gasteiger partial charge in [-0.3, -0.25) is 9.48 Å². The number of aromatic amines is 1. The first kappa shape index (κ1) is 11.3. The van der Waals surface area contributed by atoms with Crippen LogP contribution in [0.4, 0.5) is 5.69 Å². The summed E-state index contributed by atoms with van der Waals surface area (Å²) in [5.74, 6) is 1.01. The molecule has 0 spiro atoms. The highest BCUT2D eigenvalue weighted by Gasteiger charge is 2.08. The van der Waals surface area contributed by atoms with Crippen LogP contribution in [-0.2, 0) is 7.05 Å². The van der Waals surface area contributed by atoms with Gasteiger partial charge in [-0.25, -0.2) is 4.98 Å². The van der Waals surface area contributed by atoms with Crippen molar-refractivity contribution < 1.29 is 4.74 Å². The highest BCUT2D eigenvalue weighted by molar-refractivity contribution is 5.84. The van der Waals surface area contributed by atoms with Crippen molar-refractivity contribution in [3.05, 3.63) is 41.2 Å². The third kappa shape index (κ3) is 2.01. The van der Waals surface area contributed by atoms with Gasteiger partial charge in [0.15, 0.2) is 11.5 Å². The van der Waals surface area contributed by atoms with Crippen molar-refractivity contribution in [2.75, 3.05) is 5.73 Å². The zero-order valence-electron chi connectivity index (χ0n) is 10.1. The van der Waals surface area contributed by atoms with Crippen LogP contribution in [0.1, 0.15) is 0 Å². The minimum Gasteiger partial charge on any atom is -0.452 e. The molecule has 0 aliphatic carbocycles. The van der Waals surface area contributed by atoms with Gasteiger partial charge in [-0.2, -0.15) is 5.10 Å². The molecule has 7 heteroatoms. The number of anilines is 1. The van der Waals surface area contributed by atoms with E-state index in [2.05, 4.69) is 15.1 Å². The number of aromatic nitrogens is 4. The molecule has 0 fully saturated rings. The number of H-pyrrole nitrogens is 1. The number of benzene rings is 1. The Morgan fingerprint density at radius 3 is 3.00 bits per heavy atom. The number of hydrogen-bond donors (Lipinski definition) is 2. The van der Waals surface area contributed by atoms with E-state index < -0.39 is 0 Å². The van der Waals surface area contributed by atoms with E-state index in [1.165, 1.54) is 6.33 Å². The summed E-state index contributed by atoms with van der Waals surface area (Å²) in [4.78, 5) is 18.2. The lowest BCUT2D eigenvalue weighted by atomic mass is 10.2. The maximum absolute atomic E-state index is 11.6. The number of hydrogen-bond acceptors (Lipinski definition) is 5. The van der Waals surface area contributed by atoms with Gasteiger partial charge in [0, 0.05) is 13.1 Å². The van der Waals surface area contributed by atoms with E-state index in [4.69, 9.17) is 10.5 Å². The second-order valence-corrected chi connectivity index (χ2v) is 4.09. The number of nitrogens with one attached hydrogen (secondary N) is 1. The molecule has 2 aromatic heterocycles. The Balaban J connectivity index is 2.09. The summed E-state index contributed by atoms with van der Waals surface area (Å²) in [6, 6.07) is 3.18. The van der Waals surface area contributed by atoms with E-state index in [-0.39, 0.29) is 5.56 Å². The van der Waals surface area contributed by atoms with E-state index in [1.54, 1.807) is 36.3 Å². The highest BCUT2D eigenvalue weighted by Crippen LogP contribution is 2.29. The highest BCUT2D eigenvalue weighted by atomic mass is 16.5. The van der Waals surface area contributed by atoms with Gasteiger partial charge in [-0.1, -0.05) is 0 Å². The van der Waals surface area contributed by atoms with Crippen molar-refractivity contribution in [2.24, 2.45) is 7.05 Å². The summed E-state index contributed by atoms with van der Waals surface area (Å²) in [7, 11) is 1.79. The van der Waals surface area contributed by atoms with E-state index in [1.807, 2.05) is 0 Å². The average molecular weight is 257 g/mol. The van der Waals surface area contributed by atoms with E-state index >= 15 is 0 Å². The minimum absolute atomic E-state index is 0.232. The van der Waals surface area contributed by atoms with Crippen LogP contribution in [0.3, 0.4) is 0 Å². The molecule has 3 rings (SSSR count). The van der Waals surface area contributed by atoms with Gasteiger partial charge in [0.05, 0.1) is 35.3 Å². The molecule has 0 radical (unpaired) electrons. The van der Waals surface area contributed by atoms with Crippen LogP contribution in [0.2, 0.25) is 0 Å². The number of nitrogens with two attached hydrogens (primary N) is 1. The van der Waals surface area contributed by atoms with Crippen molar-refractivity contribution in [1.82, 2.24) is 19.7 Å². The molecule has 3 N–H and O–H groups in total. The lowest BCUT2D eigenvalue weighted by Gasteiger charge is -2.07. The fourth-order valence-electron chi connectivity index (χ4n) is 1.78. The fraction of sp³-hybridized carbons (Fsp3) is 0.0833. The molecule has 1 aromatic carbocycles. The number of aryl methyl sites for hydroxylation is 1. The molecule has 2 heterocycles. The van der Waals surface area contributed by atoms with Gasteiger partial charge in [0.2, 0.25) is 0 Å². The molecule has 0 amide bonds. The molecule has 0 saturated heterocycles. The molecule has 0 bridgehead atoms. The smallest absolute Gasteiger partial charge is 0.258 e. The molecule has 7 nitrogen and oxygen atoms in total. The van der Waals surface area contributed by atoms with Crippen molar-refractivity contribution in [3.63, 3.8) is 0 Å². The summed E-state index contributed by atoms with van der Waals surface area (Å²) in [6.45, 7) is 0. The SMILES string of the molecule is Cn1cc(Oc2cc3nc[nH]c(=O)c3cc2N)cn1. The summed E-state index contributed by atoms with van der Waals surface area (Å²) in [5.41, 5.74) is 6.54. The molecule has 96 valence electrons. The molecule has 3 aromatic rings. The largest absolute Gasteiger partial charge is 0.452 e. The molecule has 0 aliphatic rings.